The molecule has 4 nitrogen and oxygen atoms in total. The summed E-state index contributed by atoms with van der Waals surface area (Å²) < 4.78 is 0. The quantitative estimate of drug-likeness (QED) is 0.869. The predicted molar refractivity (Wildman–Crippen MR) is 79.1 cm³/mol. The van der Waals surface area contributed by atoms with Crippen LogP contribution >= 0.6 is 0 Å². The van der Waals surface area contributed by atoms with Gasteiger partial charge in [0.05, 0.1) is 0 Å². The number of benzene rings is 2. The molecule has 2 rings (SSSR count). The van der Waals surface area contributed by atoms with Crippen molar-refractivity contribution in [1.29, 1.82) is 0 Å². The Kier molecular flexibility index (Phi) is 4.35. The fraction of sp³-hybridized carbons (Fsp3) is 0.250. The first-order valence-electron chi connectivity index (χ1n) is 6.62. The molecular formula is C16H18N2O2. The predicted octanol–water partition coefficient (Wildman–Crippen LogP) is 1.76. The van der Waals surface area contributed by atoms with Gasteiger partial charge in [-0.05, 0) is 29.7 Å². The summed E-state index contributed by atoms with van der Waals surface area (Å²) in [6.45, 7) is 1.58. The first-order valence-corrected chi connectivity index (χ1v) is 6.62. The fourth-order valence-corrected chi connectivity index (χ4v) is 2.04. The number of rotatable bonds is 5. The highest BCUT2D eigenvalue weighted by molar-refractivity contribution is 5.86. The average molecular weight is 270 g/mol. The Morgan fingerprint density at radius 1 is 1.15 bits per heavy atom. The first kappa shape index (κ1) is 14.1. The maximum absolute atomic E-state index is 11.7. The van der Waals surface area contributed by atoms with Crippen molar-refractivity contribution < 1.29 is 9.59 Å². The number of carbonyl (C=O) groups excluding carboxylic acids is 2. The normalized spacial score (nSPS) is 12.1. The summed E-state index contributed by atoms with van der Waals surface area (Å²) in [4.78, 5) is 22.5. The number of aryl methyl sites for hydroxylation is 1. The van der Waals surface area contributed by atoms with E-state index in [1.54, 1.807) is 6.92 Å². The lowest BCUT2D eigenvalue weighted by Crippen LogP contribution is -2.42. The van der Waals surface area contributed by atoms with Crippen LogP contribution in [0.5, 0.6) is 0 Å². The van der Waals surface area contributed by atoms with Crippen molar-refractivity contribution in [3.63, 3.8) is 0 Å². The number of nitrogens with two attached hydrogens (primary N) is 1. The number of amides is 2. The van der Waals surface area contributed by atoms with Crippen LogP contribution in [0, 0.1) is 0 Å². The van der Waals surface area contributed by atoms with Gasteiger partial charge in [-0.1, -0.05) is 42.5 Å². The highest BCUT2D eigenvalue weighted by Crippen LogP contribution is 2.16. The van der Waals surface area contributed by atoms with E-state index in [-0.39, 0.29) is 5.91 Å². The van der Waals surface area contributed by atoms with Crippen LogP contribution in [0.3, 0.4) is 0 Å². The zero-order valence-corrected chi connectivity index (χ0v) is 11.4. The lowest BCUT2D eigenvalue weighted by molar-refractivity contribution is -0.126. The summed E-state index contributed by atoms with van der Waals surface area (Å²) in [7, 11) is 0. The molecule has 4 heteroatoms. The topological polar surface area (TPSA) is 72.2 Å². The molecule has 0 fully saturated rings. The summed E-state index contributed by atoms with van der Waals surface area (Å²) >= 11 is 0. The SMILES string of the molecule is CC(NC(=O)CCc1ccc2ccccc2c1)C(N)=O. The molecule has 2 aromatic rings. The number of fused-ring (bicyclic) bond motifs is 1. The van der Waals surface area contributed by atoms with E-state index in [0.717, 1.165) is 10.9 Å². The molecule has 0 aliphatic rings. The second-order valence-electron chi connectivity index (χ2n) is 4.87. The van der Waals surface area contributed by atoms with Gasteiger partial charge in [-0.15, -0.1) is 0 Å². The standard InChI is InChI=1S/C16H18N2O2/c1-11(16(17)20)18-15(19)9-7-12-6-8-13-4-2-3-5-14(13)10-12/h2-6,8,10-11H,7,9H2,1H3,(H2,17,20)(H,18,19). The van der Waals surface area contributed by atoms with Gasteiger partial charge in [0, 0.05) is 6.42 Å². The Balaban J connectivity index is 1.95. The van der Waals surface area contributed by atoms with Gasteiger partial charge in [-0.25, -0.2) is 0 Å². The second-order valence-corrected chi connectivity index (χ2v) is 4.87. The number of hydrogen-bond acceptors (Lipinski definition) is 2. The average Bonchev–Trinajstić information content (AvgIpc) is 2.44. The van der Waals surface area contributed by atoms with E-state index in [1.807, 2.05) is 24.3 Å². The molecule has 2 aromatic carbocycles. The molecule has 104 valence electrons. The zero-order valence-electron chi connectivity index (χ0n) is 11.4. The minimum Gasteiger partial charge on any atom is -0.368 e. The molecule has 1 unspecified atom stereocenters. The van der Waals surface area contributed by atoms with Gasteiger partial charge < -0.3 is 11.1 Å². The molecule has 2 amide bonds. The molecule has 0 aromatic heterocycles. The summed E-state index contributed by atoms with van der Waals surface area (Å²) in [6.07, 6.45) is 0.984. The Hall–Kier alpha value is -2.36. The second kappa shape index (κ2) is 6.19. The number of hydrogen-bond donors (Lipinski definition) is 2. The van der Waals surface area contributed by atoms with Crippen LogP contribution in [0.1, 0.15) is 18.9 Å². The maximum atomic E-state index is 11.7. The van der Waals surface area contributed by atoms with Crippen molar-refractivity contribution in [2.24, 2.45) is 5.73 Å². The van der Waals surface area contributed by atoms with Crippen molar-refractivity contribution in [3.8, 4) is 0 Å². The Bertz CT molecular complexity index is 637. The first-order chi connectivity index (χ1) is 9.56. The van der Waals surface area contributed by atoms with E-state index in [1.165, 1.54) is 5.39 Å². The molecule has 0 radical (unpaired) electrons. The van der Waals surface area contributed by atoms with Crippen molar-refractivity contribution in [3.05, 3.63) is 48.0 Å². The van der Waals surface area contributed by atoms with E-state index >= 15 is 0 Å². The highest BCUT2D eigenvalue weighted by atomic mass is 16.2. The van der Waals surface area contributed by atoms with Crippen molar-refractivity contribution in [1.82, 2.24) is 5.32 Å². The summed E-state index contributed by atoms with van der Waals surface area (Å²) in [5.41, 5.74) is 6.20. The molecule has 0 aliphatic carbocycles. The summed E-state index contributed by atoms with van der Waals surface area (Å²) in [5.74, 6) is -0.687. The molecule has 0 bridgehead atoms. The molecule has 0 heterocycles. The summed E-state index contributed by atoms with van der Waals surface area (Å²) in [5, 5.41) is 4.92. The van der Waals surface area contributed by atoms with Gasteiger partial charge in [0.2, 0.25) is 11.8 Å². The molecule has 0 saturated carbocycles. The molecule has 0 aliphatic heterocycles. The molecule has 20 heavy (non-hydrogen) atoms. The van der Waals surface area contributed by atoms with E-state index in [9.17, 15) is 9.59 Å². The number of carbonyl (C=O) groups is 2. The molecule has 3 N–H and O–H groups in total. The third-order valence-electron chi connectivity index (χ3n) is 3.26. The van der Waals surface area contributed by atoms with Gasteiger partial charge in [0.15, 0.2) is 0 Å². The maximum Gasteiger partial charge on any atom is 0.239 e. The monoisotopic (exact) mass is 270 g/mol. The van der Waals surface area contributed by atoms with Crippen LogP contribution < -0.4 is 11.1 Å². The molecular weight excluding hydrogens is 252 g/mol. The van der Waals surface area contributed by atoms with Gasteiger partial charge in [0.25, 0.3) is 0 Å². The number of primary amides is 1. The Morgan fingerprint density at radius 3 is 2.55 bits per heavy atom. The number of nitrogens with one attached hydrogen (secondary N) is 1. The van der Waals surface area contributed by atoms with E-state index in [0.29, 0.717) is 12.8 Å². The van der Waals surface area contributed by atoms with E-state index in [2.05, 4.69) is 23.5 Å². The largest absolute Gasteiger partial charge is 0.368 e. The van der Waals surface area contributed by atoms with Crippen LogP contribution in [0.25, 0.3) is 10.8 Å². The third-order valence-corrected chi connectivity index (χ3v) is 3.26. The van der Waals surface area contributed by atoms with Gasteiger partial charge in [-0.3, -0.25) is 9.59 Å². The molecule has 0 saturated heterocycles. The van der Waals surface area contributed by atoms with Crippen molar-refractivity contribution in [2.75, 3.05) is 0 Å². The minimum atomic E-state index is -0.626. The van der Waals surface area contributed by atoms with Crippen LogP contribution in [0.2, 0.25) is 0 Å². The summed E-state index contributed by atoms with van der Waals surface area (Å²) in [6, 6.07) is 13.6. The van der Waals surface area contributed by atoms with Crippen molar-refractivity contribution in [2.45, 2.75) is 25.8 Å². The lowest BCUT2D eigenvalue weighted by Gasteiger charge is -2.10. The zero-order chi connectivity index (χ0) is 14.5. The van der Waals surface area contributed by atoms with Gasteiger partial charge in [-0.2, -0.15) is 0 Å². The molecule has 1 atom stereocenters. The highest BCUT2D eigenvalue weighted by Gasteiger charge is 2.11. The minimum absolute atomic E-state index is 0.163. The van der Waals surface area contributed by atoms with E-state index < -0.39 is 11.9 Å². The lowest BCUT2D eigenvalue weighted by atomic mass is 10.0. The Labute approximate surface area is 118 Å². The third kappa shape index (κ3) is 3.57. The Morgan fingerprint density at radius 2 is 1.85 bits per heavy atom. The fourth-order valence-electron chi connectivity index (χ4n) is 2.04. The molecule has 0 spiro atoms. The van der Waals surface area contributed by atoms with Crippen LogP contribution in [0.15, 0.2) is 42.5 Å². The van der Waals surface area contributed by atoms with Crippen LogP contribution in [0.4, 0.5) is 0 Å². The van der Waals surface area contributed by atoms with Crippen LogP contribution in [-0.4, -0.2) is 17.9 Å². The van der Waals surface area contributed by atoms with E-state index in [4.69, 9.17) is 5.73 Å². The smallest absolute Gasteiger partial charge is 0.239 e. The van der Waals surface area contributed by atoms with Crippen LogP contribution in [-0.2, 0) is 16.0 Å². The van der Waals surface area contributed by atoms with Crippen molar-refractivity contribution >= 4 is 22.6 Å². The van der Waals surface area contributed by atoms with Gasteiger partial charge >= 0.3 is 0 Å². The van der Waals surface area contributed by atoms with Gasteiger partial charge in [0.1, 0.15) is 6.04 Å².